The van der Waals surface area contributed by atoms with Crippen molar-refractivity contribution in [1.82, 2.24) is 9.36 Å². The Morgan fingerprint density at radius 2 is 2.46 bits per heavy atom. The van der Waals surface area contributed by atoms with Crippen LogP contribution in [0.3, 0.4) is 0 Å². The van der Waals surface area contributed by atoms with Crippen molar-refractivity contribution in [1.29, 1.82) is 0 Å². The van der Waals surface area contributed by atoms with Crippen molar-refractivity contribution in [3.63, 3.8) is 0 Å². The molecular formula is C7H8BrN3OS. The molecule has 0 saturated carbocycles. The zero-order valence-corrected chi connectivity index (χ0v) is 9.43. The fourth-order valence-corrected chi connectivity index (χ4v) is 2.51. The Labute approximate surface area is 88.3 Å². The number of hydrogen-bond acceptors (Lipinski definition) is 4. The van der Waals surface area contributed by atoms with Gasteiger partial charge in [-0.25, -0.2) is 4.98 Å². The van der Waals surface area contributed by atoms with Crippen LogP contribution in [0, 0.1) is 6.92 Å². The first kappa shape index (κ1) is 9.08. The summed E-state index contributed by atoms with van der Waals surface area (Å²) in [5.41, 5.74) is 0. The van der Waals surface area contributed by atoms with Gasteiger partial charge in [-0.15, -0.1) is 0 Å². The Bertz CT molecular complexity index is 340. The van der Waals surface area contributed by atoms with Gasteiger partial charge >= 0.3 is 0 Å². The van der Waals surface area contributed by atoms with E-state index in [1.807, 2.05) is 6.92 Å². The van der Waals surface area contributed by atoms with Gasteiger partial charge in [0.15, 0.2) is 0 Å². The Balaban J connectivity index is 2.22. The molecule has 0 radical (unpaired) electrons. The van der Waals surface area contributed by atoms with E-state index in [4.69, 9.17) is 0 Å². The third-order valence-corrected chi connectivity index (χ3v) is 3.27. The van der Waals surface area contributed by atoms with Gasteiger partial charge in [0.05, 0.1) is 0 Å². The first-order valence-electron chi connectivity index (χ1n) is 3.91. The second-order valence-electron chi connectivity index (χ2n) is 2.93. The lowest BCUT2D eigenvalue weighted by molar-refractivity contribution is -0.117. The highest BCUT2D eigenvalue weighted by Gasteiger charge is 2.30. The molecule has 13 heavy (non-hydrogen) atoms. The predicted octanol–water partition coefficient (Wildman–Crippen LogP) is 1.35. The van der Waals surface area contributed by atoms with Crippen LogP contribution in [-0.2, 0) is 4.79 Å². The minimum absolute atomic E-state index is 0.123. The number of amides is 1. The van der Waals surface area contributed by atoms with E-state index in [0.717, 1.165) is 5.82 Å². The molecule has 1 aromatic rings. The molecule has 2 rings (SSSR count). The summed E-state index contributed by atoms with van der Waals surface area (Å²) in [6, 6.07) is 0. The fraction of sp³-hybridized carbons (Fsp3) is 0.571. The molecule has 0 spiro atoms. The number of aromatic nitrogens is 2. The highest BCUT2D eigenvalue weighted by Crippen LogP contribution is 2.26. The van der Waals surface area contributed by atoms with Gasteiger partial charge in [-0.3, -0.25) is 9.69 Å². The van der Waals surface area contributed by atoms with Crippen LogP contribution in [0.2, 0.25) is 0 Å². The molecule has 1 amide bonds. The minimum Gasteiger partial charge on any atom is -0.286 e. The molecule has 1 aliphatic rings. The van der Waals surface area contributed by atoms with E-state index in [2.05, 4.69) is 25.3 Å². The third kappa shape index (κ3) is 1.73. The summed E-state index contributed by atoms with van der Waals surface area (Å²) in [6.07, 6.45) is 0.554. The van der Waals surface area contributed by atoms with Crippen LogP contribution in [0.5, 0.6) is 0 Å². The van der Waals surface area contributed by atoms with Crippen molar-refractivity contribution < 1.29 is 4.79 Å². The van der Waals surface area contributed by atoms with Crippen LogP contribution >= 0.6 is 27.5 Å². The van der Waals surface area contributed by atoms with Gasteiger partial charge < -0.3 is 0 Å². The first-order chi connectivity index (χ1) is 6.16. The fourth-order valence-electron chi connectivity index (χ4n) is 1.24. The van der Waals surface area contributed by atoms with E-state index >= 15 is 0 Å². The molecule has 4 nitrogen and oxygen atoms in total. The average molecular weight is 262 g/mol. The van der Waals surface area contributed by atoms with E-state index in [-0.39, 0.29) is 10.7 Å². The summed E-state index contributed by atoms with van der Waals surface area (Å²) < 4.78 is 4.04. The second kappa shape index (κ2) is 3.34. The molecule has 0 N–H and O–H groups in total. The minimum atomic E-state index is 0.123. The van der Waals surface area contributed by atoms with Crippen LogP contribution in [-0.4, -0.2) is 26.6 Å². The van der Waals surface area contributed by atoms with E-state index in [9.17, 15) is 4.79 Å². The average Bonchev–Trinajstić information content (AvgIpc) is 2.58. The molecule has 1 aromatic heterocycles. The third-order valence-electron chi connectivity index (χ3n) is 1.83. The highest BCUT2D eigenvalue weighted by molar-refractivity contribution is 9.09. The largest absolute Gasteiger partial charge is 0.286 e. The number of aryl methyl sites for hydroxylation is 1. The Morgan fingerprint density at radius 3 is 2.92 bits per heavy atom. The van der Waals surface area contributed by atoms with Crippen LogP contribution in [0.1, 0.15) is 12.2 Å². The van der Waals surface area contributed by atoms with Gasteiger partial charge in [-0.2, -0.15) is 4.37 Å². The number of rotatable bonds is 1. The number of hydrogen-bond donors (Lipinski definition) is 0. The molecular weight excluding hydrogens is 254 g/mol. The highest BCUT2D eigenvalue weighted by atomic mass is 79.9. The molecule has 1 saturated heterocycles. The summed E-state index contributed by atoms with van der Waals surface area (Å²) in [4.78, 5) is 17.5. The maximum Gasteiger partial charge on any atom is 0.230 e. The smallest absolute Gasteiger partial charge is 0.230 e. The maximum atomic E-state index is 11.4. The molecule has 0 bridgehead atoms. The van der Waals surface area contributed by atoms with Gasteiger partial charge in [0.2, 0.25) is 11.0 Å². The number of nitrogens with zero attached hydrogens (tertiary/aromatic N) is 3. The summed E-state index contributed by atoms with van der Waals surface area (Å²) in [5, 5.41) is 0.712. The molecule has 1 fully saturated rings. The standard InChI is InChI=1S/C7H8BrN3OS/c1-4-9-7(13-10-4)11-3-5(8)2-6(11)12/h5H,2-3H2,1H3. The summed E-state index contributed by atoms with van der Waals surface area (Å²) >= 11 is 4.69. The molecule has 6 heteroatoms. The topological polar surface area (TPSA) is 46.1 Å². The molecule has 2 heterocycles. The normalized spacial score (nSPS) is 22.8. The summed E-state index contributed by atoms with van der Waals surface area (Å²) in [7, 11) is 0. The lowest BCUT2D eigenvalue weighted by Gasteiger charge is -2.09. The number of anilines is 1. The quantitative estimate of drug-likeness (QED) is 0.717. The zero-order valence-electron chi connectivity index (χ0n) is 7.03. The number of carbonyl (C=O) groups excluding carboxylic acids is 1. The van der Waals surface area contributed by atoms with Crippen molar-refractivity contribution >= 4 is 38.5 Å². The lowest BCUT2D eigenvalue weighted by Crippen LogP contribution is -2.24. The van der Waals surface area contributed by atoms with Gasteiger partial charge in [0, 0.05) is 29.3 Å². The van der Waals surface area contributed by atoms with Gasteiger partial charge in [-0.05, 0) is 6.92 Å². The van der Waals surface area contributed by atoms with E-state index in [1.54, 1.807) is 4.90 Å². The summed E-state index contributed by atoms with van der Waals surface area (Å²) in [6.45, 7) is 2.53. The number of carbonyl (C=O) groups is 1. The van der Waals surface area contributed by atoms with Gasteiger partial charge in [-0.1, -0.05) is 15.9 Å². The SMILES string of the molecule is Cc1nsc(N2CC(Br)CC2=O)n1. The Hall–Kier alpha value is -0.490. The van der Waals surface area contributed by atoms with Crippen LogP contribution in [0.15, 0.2) is 0 Å². The van der Waals surface area contributed by atoms with Crippen LogP contribution < -0.4 is 4.90 Å². The summed E-state index contributed by atoms with van der Waals surface area (Å²) in [5.74, 6) is 0.851. The maximum absolute atomic E-state index is 11.4. The zero-order chi connectivity index (χ0) is 9.42. The second-order valence-corrected chi connectivity index (χ2v) is 4.96. The molecule has 1 unspecified atom stereocenters. The van der Waals surface area contributed by atoms with Crippen LogP contribution in [0.4, 0.5) is 5.13 Å². The van der Waals surface area contributed by atoms with Crippen molar-refractivity contribution in [2.45, 2.75) is 18.2 Å². The molecule has 1 atom stereocenters. The van der Waals surface area contributed by atoms with Crippen molar-refractivity contribution in [3.8, 4) is 0 Å². The van der Waals surface area contributed by atoms with E-state index in [0.29, 0.717) is 18.1 Å². The molecule has 0 aromatic carbocycles. The van der Waals surface area contributed by atoms with Gasteiger partial charge in [0.25, 0.3) is 0 Å². The molecule has 70 valence electrons. The van der Waals surface area contributed by atoms with Crippen molar-refractivity contribution in [3.05, 3.63) is 5.82 Å². The molecule has 1 aliphatic heterocycles. The van der Waals surface area contributed by atoms with E-state index in [1.165, 1.54) is 11.5 Å². The van der Waals surface area contributed by atoms with Gasteiger partial charge in [0.1, 0.15) is 5.82 Å². The first-order valence-corrected chi connectivity index (χ1v) is 5.60. The predicted molar refractivity (Wildman–Crippen MR) is 54.3 cm³/mol. The Morgan fingerprint density at radius 1 is 1.69 bits per heavy atom. The van der Waals surface area contributed by atoms with Crippen molar-refractivity contribution in [2.75, 3.05) is 11.4 Å². The van der Waals surface area contributed by atoms with Crippen molar-refractivity contribution in [2.24, 2.45) is 0 Å². The lowest BCUT2D eigenvalue weighted by atomic mass is 10.4. The van der Waals surface area contributed by atoms with Crippen LogP contribution in [0.25, 0.3) is 0 Å². The monoisotopic (exact) mass is 261 g/mol. The number of alkyl halides is 1. The molecule has 0 aliphatic carbocycles. The van der Waals surface area contributed by atoms with E-state index < -0.39 is 0 Å². The number of halogens is 1. The Kier molecular flexibility index (Phi) is 2.33.